The Labute approximate surface area is 311 Å². The zero-order valence-electron chi connectivity index (χ0n) is 29.1. The molecule has 0 bridgehead atoms. The fourth-order valence-electron chi connectivity index (χ4n) is 8.41. The average molecular weight is 682 g/mol. The maximum absolute atomic E-state index is 5.18. The Morgan fingerprint density at radius 1 is 0.358 bits per heavy atom. The summed E-state index contributed by atoms with van der Waals surface area (Å²) in [5.41, 5.74) is 18.4. The molecule has 0 unspecified atom stereocenters. The highest BCUT2D eigenvalue weighted by molar-refractivity contribution is 5.90. The van der Waals surface area contributed by atoms with Gasteiger partial charge in [-0.2, -0.15) is 0 Å². The Balaban J connectivity index is 0.00000372. The summed E-state index contributed by atoms with van der Waals surface area (Å²) < 4.78 is 0. The van der Waals surface area contributed by atoms with E-state index in [9.17, 15) is 0 Å². The van der Waals surface area contributed by atoms with Gasteiger partial charge >= 0.3 is 0 Å². The molecule has 0 amide bonds. The summed E-state index contributed by atoms with van der Waals surface area (Å²) in [4.78, 5) is 15.4. The van der Waals surface area contributed by atoms with Crippen LogP contribution in [-0.4, -0.2) is 15.0 Å². The lowest BCUT2D eigenvalue weighted by Crippen LogP contribution is -2.15. The van der Waals surface area contributed by atoms with Gasteiger partial charge in [0.25, 0.3) is 0 Å². The number of hydrogen-bond acceptors (Lipinski definition) is 3. The van der Waals surface area contributed by atoms with Crippen molar-refractivity contribution in [1.29, 1.82) is 0 Å². The molecule has 2 aliphatic carbocycles. The summed E-state index contributed by atoms with van der Waals surface area (Å²) in [6.07, 6.45) is 0.892. The van der Waals surface area contributed by atoms with Crippen molar-refractivity contribution >= 4 is 0 Å². The van der Waals surface area contributed by atoms with Crippen molar-refractivity contribution in [1.82, 2.24) is 15.0 Å². The second-order valence-electron chi connectivity index (χ2n) is 14.4. The molecule has 7 aromatic carbocycles. The van der Waals surface area contributed by atoms with Gasteiger partial charge in [0.15, 0.2) is 17.5 Å². The molecule has 0 spiro atoms. The quantitative estimate of drug-likeness (QED) is 0.181. The van der Waals surface area contributed by atoms with E-state index >= 15 is 0 Å². The minimum atomic E-state index is -0.119. The summed E-state index contributed by atoms with van der Waals surface area (Å²) in [6.45, 7) is 4.62. The van der Waals surface area contributed by atoms with Crippen LogP contribution in [0.15, 0.2) is 164 Å². The van der Waals surface area contributed by atoms with Crippen molar-refractivity contribution in [3.8, 4) is 78.7 Å². The topological polar surface area (TPSA) is 38.7 Å². The Bertz CT molecular complexity index is 2670. The maximum Gasteiger partial charge on any atom is 0.164 e. The first-order valence-corrected chi connectivity index (χ1v) is 18.0. The number of aromatic nitrogens is 3. The Morgan fingerprint density at radius 3 is 1.49 bits per heavy atom. The zero-order valence-corrected chi connectivity index (χ0v) is 29.1. The molecule has 0 N–H and O–H groups in total. The van der Waals surface area contributed by atoms with Gasteiger partial charge in [-0.05, 0) is 85.3 Å². The molecule has 0 radical (unpaired) electrons. The maximum atomic E-state index is 5.18. The van der Waals surface area contributed by atoms with E-state index in [-0.39, 0.29) is 12.8 Å². The lowest BCUT2D eigenvalue weighted by Gasteiger charge is -2.21. The first-order chi connectivity index (χ1) is 25.5. The summed E-state index contributed by atoms with van der Waals surface area (Å²) in [5, 5.41) is 0. The van der Waals surface area contributed by atoms with Crippen LogP contribution in [0.1, 0.15) is 43.5 Å². The molecule has 3 heteroatoms. The molecular weight excluding hydrogens is 643 g/mol. The van der Waals surface area contributed by atoms with Gasteiger partial charge in [0.1, 0.15) is 0 Å². The fourth-order valence-corrected chi connectivity index (χ4v) is 8.41. The molecule has 0 fully saturated rings. The Morgan fingerprint density at radius 2 is 0.811 bits per heavy atom. The molecule has 1 aromatic heterocycles. The third-order valence-electron chi connectivity index (χ3n) is 11.0. The fraction of sp³-hybridized carbons (Fsp3) is 0.100. The first kappa shape index (κ1) is 32.5. The van der Waals surface area contributed by atoms with Crippen LogP contribution >= 0.6 is 0 Å². The minimum Gasteiger partial charge on any atom is -0.208 e. The molecule has 254 valence electrons. The smallest absolute Gasteiger partial charge is 0.164 e. The van der Waals surface area contributed by atoms with Gasteiger partial charge in [-0.3, -0.25) is 0 Å². The van der Waals surface area contributed by atoms with Crippen LogP contribution in [0.5, 0.6) is 0 Å². The van der Waals surface area contributed by atoms with Crippen LogP contribution in [0.25, 0.3) is 78.7 Å². The van der Waals surface area contributed by atoms with Crippen molar-refractivity contribution in [2.24, 2.45) is 0 Å². The predicted molar refractivity (Wildman–Crippen MR) is 220 cm³/mol. The molecule has 8 aromatic rings. The normalized spacial score (nSPS) is 13.0. The highest BCUT2D eigenvalue weighted by Crippen LogP contribution is 2.50. The summed E-state index contributed by atoms with van der Waals surface area (Å²) in [5.74, 6) is 2.00. The second-order valence-corrected chi connectivity index (χ2v) is 14.4. The molecular formula is C50H39N3. The van der Waals surface area contributed by atoms with Crippen LogP contribution in [0, 0.1) is 0 Å². The van der Waals surface area contributed by atoms with Crippen molar-refractivity contribution in [3.63, 3.8) is 0 Å². The van der Waals surface area contributed by atoms with Gasteiger partial charge < -0.3 is 0 Å². The van der Waals surface area contributed by atoms with Gasteiger partial charge in [0, 0.05) is 22.1 Å². The van der Waals surface area contributed by atoms with Gasteiger partial charge in [-0.1, -0.05) is 173 Å². The van der Waals surface area contributed by atoms with Gasteiger partial charge in [-0.15, -0.1) is 0 Å². The van der Waals surface area contributed by atoms with E-state index in [2.05, 4.69) is 159 Å². The largest absolute Gasteiger partial charge is 0.208 e. The third kappa shape index (κ3) is 5.31. The van der Waals surface area contributed by atoms with E-state index in [0.717, 1.165) is 28.7 Å². The van der Waals surface area contributed by atoms with E-state index < -0.39 is 0 Å². The first-order valence-electron chi connectivity index (χ1n) is 18.0. The predicted octanol–water partition coefficient (Wildman–Crippen LogP) is 12.7. The molecule has 0 saturated carbocycles. The van der Waals surface area contributed by atoms with E-state index in [1.165, 1.54) is 61.2 Å². The van der Waals surface area contributed by atoms with E-state index in [4.69, 9.17) is 15.0 Å². The number of nitrogens with zero attached hydrogens (tertiary/aromatic N) is 3. The lowest BCUT2D eigenvalue weighted by atomic mass is 9.82. The summed E-state index contributed by atoms with van der Waals surface area (Å²) >= 11 is 0. The molecule has 10 rings (SSSR count). The molecule has 0 saturated heterocycles. The summed E-state index contributed by atoms with van der Waals surface area (Å²) in [6, 6.07) is 58.5. The molecule has 2 aliphatic rings. The van der Waals surface area contributed by atoms with E-state index in [1.807, 2.05) is 18.2 Å². The van der Waals surface area contributed by atoms with Crippen LogP contribution in [-0.2, 0) is 11.8 Å². The van der Waals surface area contributed by atoms with E-state index in [0.29, 0.717) is 17.5 Å². The van der Waals surface area contributed by atoms with Crippen molar-refractivity contribution in [2.75, 3.05) is 0 Å². The highest BCUT2D eigenvalue weighted by atomic mass is 15.0. The number of rotatable bonds is 5. The SMILES string of the molecule is C.CC1(C)c2ccccc2-c2ccc(-c3nc(-c4ccccc4)nc(-c4cccc(-c5cccc6c5Cc5c(-c7ccccc7)cccc5-6)c4)n3)cc21. The number of hydrogen-bond donors (Lipinski definition) is 0. The van der Waals surface area contributed by atoms with Crippen LogP contribution < -0.4 is 0 Å². The summed E-state index contributed by atoms with van der Waals surface area (Å²) in [7, 11) is 0. The van der Waals surface area contributed by atoms with Gasteiger partial charge in [0.05, 0.1) is 0 Å². The van der Waals surface area contributed by atoms with Crippen LogP contribution in [0.2, 0.25) is 0 Å². The van der Waals surface area contributed by atoms with Crippen LogP contribution in [0.3, 0.4) is 0 Å². The van der Waals surface area contributed by atoms with Gasteiger partial charge in [-0.25, -0.2) is 15.0 Å². The average Bonchev–Trinajstić information content (AvgIpc) is 3.70. The van der Waals surface area contributed by atoms with Crippen molar-refractivity contribution < 1.29 is 0 Å². The molecule has 0 aliphatic heterocycles. The number of fused-ring (bicyclic) bond motifs is 6. The minimum absolute atomic E-state index is 0. The molecule has 3 nitrogen and oxygen atoms in total. The van der Waals surface area contributed by atoms with Crippen molar-refractivity contribution in [3.05, 3.63) is 186 Å². The van der Waals surface area contributed by atoms with Crippen LogP contribution in [0.4, 0.5) is 0 Å². The van der Waals surface area contributed by atoms with Gasteiger partial charge in [0.2, 0.25) is 0 Å². The molecule has 53 heavy (non-hydrogen) atoms. The second kappa shape index (κ2) is 12.6. The lowest BCUT2D eigenvalue weighted by molar-refractivity contribution is 0.660. The molecule has 0 atom stereocenters. The van der Waals surface area contributed by atoms with Crippen molar-refractivity contribution in [2.45, 2.75) is 33.1 Å². The molecule has 1 heterocycles. The Hall–Kier alpha value is -6.45. The highest BCUT2D eigenvalue weighted by Gasteiger charge is 2.35. The zero-order chi connectivity index (χ0) is 34.8. The Kier molecular flexibility index (Phi) is 7.74. The third-order valence-corrected chi connectivity index (χ3v) is 11.0. The standard InChI is InChI=1S/C49H35N3.CH4/c1-49(2)44-25-10-9-20-40(44)41-27-26-35(29-45(41)49)48-51-46(32-16-7-4-8-17-32)50-47(52-48)34-19-11-18-33(28-34)37-22-13-24-39-38-23-12-21-36(42(38)30-43(37)39)31-14-5-3-6-15-31;/h3-29H,30H2,1-2H3;1H4. The number of benzene rings is 7. The van der Waals surface area contributed by atoms with E-state index in [1.54, 1.807) is 0 Å². The monoisotopic (exact) mass is 681 g/mol.